The smallest absolute Gasteiger partial charge is 0.411 e. The van der Waals surface area contributed by atoms with E-state index in [9.17, 15) is 13.2 Å². The highest BCUT2D eigenvalue weighted by molar-refractivity contribution is 7.92. The van der Waals surface area contributed by atoms with Crippen LogP contribution in [0.25, 0.3) is 11.0 Å². The monoisotopic (exact) mass is 372 g/mol. The minimum Gasteiger partial charge on any atom is -0.450 e. The highest BCUT2D eigenvalue weighted by Crippen LogP contribution is 2.18. The molecular weight excluding hydrogens is 356 g/mol. The van der Waals surface area contributed by atoms with Gasteiger partial charge in [0.2, 0.25) is 0 Å². The van der Waals surface area contributed by atoms with Gasteiger partial charge >= 0.3 is 6.09 Å². The number of hydrogen-bond acceptors (Lipinski definition) is 6. The highest BCUT2D eigenvalue weighted by Gasteiger charge is 2.15. The summed E-state index contributed by atoms with van der Waals surface area (Å²) in [5.41, 5.74) is 1.68. The normalized spacial score (nSPS) is 11.1. The molecule has 0 unspecified atom stereocenters. The molecule has 0 saturated heterocycles. The van der Waals surface area contributed by atoms with Gasteiger partial charge < -0.3 is 4.74 Å². The van der Waals surface area contributed by atoms with Crippen LogP contribution in [0, 0.1) is 0 Å². The van der Waals surface area contributed by atoms with Crippen LogP contribution in [0.1, 0.15) is 6.92 Å². The third kappa shape index (κ3) is 4.06. The Morgan fingerprint density at radius 3 is 2.46 bits per heavy atom. The van der Waals surface area contributed by atoms with E-state index < -0.39 is 16.1 Å². The second-order valence-electron chi connectivity index (χ2n) is 5.22. The molecule has 0 bridgehead atoms. The van der Waals surface area contributed by atoms with E-state index in [-0.39, 0.29) is 17.3 Å². The van der Waals surface area contributed by atoms with Crippen molar-refractivity contribution in [2.45, 2.75) is 11.8 Å². The summed E-state index contributed by atoms with van der Waals surface area (Å²) in [4.78, 5) is 19.8. The molecule has 2 N–H and O–H groups in total. The van der Waals surface area contributed by atoms with Crippen molar-refractivity contribution in [2.24, 2.45) is 0 Å². The molecule has 0 aliphatic rings. The van der Waals surface area contributed by atoms with Crippen LogP contribution in [0.5, 0.6) is 0 Å². The van der Waals surface area contributed by atoms with E-state index in [0.717, 1.165) is 0 Å². The van der Waals surface area contributed by atoms with Crippen LogP contribution in [-0.4, -0.2) is 31.1 Å². The van der Waals surface area contributed by atoms with Crippen molar-refractivity contribution < 1.29 is 17.9 Å². The number of anilines is 2. The summed E-state index contributed by atoms with van der Waals surface area (Å²) in [5, 5.41) is 2.49. The number of aromatic nitrogens is 2. The third-order valence-corrected chi connectivity index (χ3v) is 4.74. The fraction of sp³-hybridized carbons (Fsp3) is 0.118. The summed E-state index contributed by atoms with van der Waals surface area (Å²) in [6.45, 7) is 1.94. The molecule has 134 valence electrons. The lowest BCUT2D eigenvalue weighted by molar-refractivity contribution is 0.168. The number of nitrogens with one attached hydrogen (secondary N) is 2. The van der Waals surface area contributed by atoms with Gasteiger partial charge in [-0.1, -0.05) is 12.1 Å². The van der Waals surface area contributed by atoms with E-state index in [1.54, 1.807) is 25.1 Å². The average Bonchev–Trinajstić information content (AvgIpc) is 2.62. The second-order valence-corrected chi connectivity index (χ2v) is 6.90. The minimum atomic E-state index is -3.83. The Labute approximate surface area is 150 Å². The predicted molar refractivity (Wildman–Crippen MR) is 97.4 cm³/mol. The standard InChI is InChI=1S/C17H16N4O4S/c1-2-25-17(22)19-12-7-9-13(10-8-12)26(23,24)21-16-11-18-14-5-3-4-6-15(14)20-16/h3-11H,2H2,1H3,(H,19,22)(H,20,21). The zero-order valence-electron chi connectivity index (χ0n) is 13.8. The fourth-order valence-corrected chi connectivity index (χ4v) is 3.19. The molecule has 0 spiro atoms. The summed E-state index contributed by atoms with van der Waals surface area (Å²) >= 11 is 0. The van der Waals surface area contributed by atoms with Crippen molar-refractivity contribution in [1.29, 1.82) is 0 Å². The number of hydrogen-bond donors (Lipinski definition) is 2. The number of benzene rings is 2. The quantitative estimate of drug-likeness (QED) is 0.712. The lowest BCUT2D eigenvalue weighted by atomic mass is 10.3. The van der Waals surface area contributed by atoms with E-state index in [0.29, 0.717) is 16.7 Å². The molecular formula is C17H16N4O4S. The van der Waals surface area contributed by atoms with Crippen LogP contribution >= 0.6 is 0 Å². The average molecular weight is 372 g/mol. The summed E-state index contributed by atoms with van der Waals surface area (Å²) in [5.74, 6) is 0.123. The van der Waals surface area contributed by atoms with Gasteiger partial charge in [-0.3, -0.25) is 15.0 Å². The van der Waals surface area contributed by atoms with Gasteiger partial charge in [0.25, 0.3) is 10.0 Å². The van der Waals surface area contributed by atoms with Crippen LogP contribution in [0.3, 0.4) is 0 Å². The first-order valence-corrected chi connectivity index (χ1v) is 9.25. The number of amides is 1. The lowest BCUT2D eigenvalue weighted by Gasteiger charge is -2.09. The molecule has 0 fully saturated rings. The Bertz CT molecular complexity index is 1040. The van der Waals surface area contributed by atoms with E-state index in [4.69, 9.17) is 4.74 Å². The van der Waals surface area contributed by atoms with Crippen LogP contribution in [0.2, 0.25) is 0 Å². The van der Waals surface area contributed by atoms with Crippen LogP contribution in [0.15, 0.2) is 59.6 Å². The molecule has 1 heterocycles. The zero-order valence-corrected chi connectivity index (χ0v) is 14.7. The minimum absolute atomic E-state index is 0.0295. The maximum absolute atomic E-state index is 12.5. The Hall–Kier alpha value is -3.20. The molecule has 1 aromatic heterocycles. The summed E-state index contributed by atoms with van der Waals surface area (Å²) in [6.07, 6.45) is 0.754. The Morgan fingerprint density at radius 2 is 1.77 bits per heavy atom. The van der Waals surface area contributed by atoms with E-state index in [1.807, 2.05) is 6.07 Å². The number of nitrogens with zero attached hydrogens (tertiary/aromatic N) is 2. The summed E-state index contributed by atoms with van der Waals surface area (Å²) in [6, 6.07) is 12.8. The molecule has 8 nitrogen and oxygen atoms in total. The van der Waals surface area contributed by atoms with Crippen LogP contribution < -0.4 is 10.0 Å². The number of carbonyl (C=O) groups excluding carboxylic acids is 1. The zero-order chi connectivity index (χ0) is 18.6. The largest absolute Gasteiger partial charge is 0.450 e. The molecule has 26 heavy (non-hydrogen) atoms. The number of fused-ring (bicyclic) bond motifs is 1. The molecule has 0 aliphatic heterocycles. The van der Waals surface area contributed by atoms with Gasteiger partial charge in [0.05, 0.1) is 28.7 Å². The van der Waals surface area contributed by atoms with Gasteiger partial charge in [0, 0.05) is 5.69 Å². The van der Waals surface area contributed by atoms with Crippen LogP contribution in [0.4, 0.5) is 16.3 Å². The van der Waals surface area contributed by atoms with Gasteiger partial charge in [-0.25, -0.2) is 18.2 Å². The number of para-hydroxylation sites is 2. The van der Waals surface area contributed by atoms with Gasteiger partial charge in [0.15, 0.2) is 5.82 Å². The van der Waals surface area contributed by atoms with Crippen molar-refractivity contribution in [1.82, 2.24) is 9.97 Å². The van der Waals surface area contributed by atoms with Crippen LogP contribution in [-0.2, 0) is 14.8 Å². The lowest BCUT2D eigenvalue weighted by Crippen LogP contribution is -2.15. The second kappa shape index (κ2) is 7.36. The van der Waals surface area contributed by atoms with E-state index in [2.05, 4.69) is 20.0 Å². The molecule has 0 atom stereocenters. The summed E-state index contributed by atoms with van der Waals surface area (Å²) in [7, 11) is -3.83. The molecule has 2 aromatic carbocycles. The molecule has 3 rings (SSSR count). The SMILES string of the molecule is CCOC(=O)Nc1ccc(S(=O)(=O)Nc2cnc3ccccc3n2)cc1. The van der Waals surface area contributed by atoms with Crippen molar-refractivity contribution in [2.75, 3.05) is 16.6 Å². The first-order valence-electron chi connectivity index (χ1n) is 7.76. The Balaban J connectivity index is 1.77. The topological polar surface area (TPSA) is 110 Å². The molecule has 9 heteroatoms. The maximum Gasteiger partial charge on any atom is 0.411 e. The van der Waals surface area contributed by atoms with Gasteiger partial charge in [-0.2, -0.15) is 0 Å². The van der Waals surface area contributed by atoms with E-state index in [1.165, 1.54) is 30.5 Å². The number of carbonyl (C=O) groups is 1. The van der Waals surface area contributed by atoms with Crippen molar-refractivity contribution in [3.63, 3.8) is 0 Å². The van der Waals surface area contributed by atoms with Gasteiger partial charge in [-0.15, -0.1) is 0 Å². The number of rotatable bonds is 5. The van der Waals surface area contributed by atoms with E-state index >= 15 is 0 Å². The Kier molecular flexibility index (Phi) is 4.99. The first-order chi connectivity index (χ1) is 12.5. The van der Waals surface area contributed by atoms with Crippen molar-refractivity contribution in [3.05, 3.63) is 54.7 Å². The van der Waals surface area contributed by atoms with Crippen molar-refractivity contribution >= 4 is 38.7 Å². The highest BCUT2D eigenvalue weighted by atomic mass is 32.2. The predicted octanol–water partition coefficient (Wildman–Crippen LogP) is 3.00. The summed E-state index contributed by atoms with van der Waals surface area (Å²) < 4.78 is 32.1. The van der Waals surface area contributed by atoms with Gasteiger partial charge in [-0.05, 0) is 43.3 Å². The Morgan fingerprint density at radius 1 is 1.08 bits per heavy atom. The van der Waals surface area contributed by atoms with Gasteiger partial charge in [0.1, 0.15) is 0 Å². The number of sulfonamides is 1. The fourth-order valence-electron chi connectivity index (χ4n) is 2.21. The molecule has 1 amide bonds. The number of ether oxygens (including phenoxy) is 1. The molecule has 3 aromatic rings. The molecule has 0 radical (unpaired) electrons. The maximum atomic E-state index is 12.5. The molecule has 0 aliphatic carbocycles. The molecule has 0 saturated carbocycles. The first kappa shape index (κ1) is 17.6. The third-order valence-electron chi connectivity index (χ3n) is 3.37. The van der Waals surface area contributed by atoms with Crippen molar-refractivity contribution in [3.8, 4) is 0 Å².